The number of unbranched alkanes of at least 4 members (excludes halogenated alkanes) is 50. The molecule has 594 valence electrons. The number of aliphatic hydroxyl groups is 1. The van der Waals surface area contributed by atoms with Crippen LogP contribution in [-0.2, 0) is 65.4 Å². The summed E-state index contributed by atoms with van der Waals surface area (Å²) in [5, 5.41) is 10.6. The first-order chi connectivity index (χ1) is 48.4. The standard InChI is InChI=1S/C81H158O17P2/c1-7-9-11-13-15-17-19-21-23-24-25-29-33-36-40-44-51-57-63-78(83)91-69-76(97-80(85)66-60-54-46-42-38-34-30-27-26-28-31-35-39-43-49-55-61-73(3)4)71-95-99(87,88)93-67-75(82)68-94-100(89,90)96-72-77(70-92-79(84)64-58-52-48-47-50-56-62-74(5)6)98-81(86)65-59-53-45-41-37-32-22-20-18-16-14-12-10-8-2/h73-77,82H,7-72H2,1-6H3,(H,87,88)(H,89,90)/t75-,76-,77-/m1/s1. The van der Waals surface area contributed by atoms with Crippen molar-refractivity contribution in [2.45, 2.75) is 445 Å². The van der Waals surface area contributed by atoms with Crippen LogP contribution in [0.25, 0.3) is 0 Å². The van der Waals surface area contributed by atoms with Crippen LogP contribution in [0.5, 0.6) is 0 Å². The van der Waals surface area contributed by atoms with E-state index in [1.54, 1.807) is 0 Å². The van der Waals surface area contributed by atoms with Gasteiger partial charge >= 0.3 is 39.5 Å². The summed E-state index contributed by atoms with van der Waals surface area (Å²) < 4.78 is 68.7. The van der Waals surface area contributed by atoms with E-state index in [2.05, 4.69) is 41.5 Å². The van der Waals surface area contributed by atoms with Gasteiger partial charge in [-0.2, -0.15) is 0 Å². The summed E-state index contributed by atoms with van der Waals surface area (Å²) in [6.07, 6.45) is 62.6. The molecule has 19 heteroatoms. The van der Waals surface area contributed by atoms with Crippen molar-refractivity contribution < 1.29 is 80.2 Å². The van der Waals surface area contributed by atoms with Gasteiger partial charge in [0.25, 0.3) is 0 Å². The molecule has 2 unspecified atom stereocenters. The van der Waals surface area contributed by atoms with Crippen molar-refractivity contribution in [1.29, 1.82) is 0 Å². The molecule has 0 aromatic carbocycles. The normalized spacial score (nSPS) is 13.9. The molecule has 0 amide bonds. The minimum atomic E-state index is -4.96. The highest BCUT2D eigenvalue weighted by Gasteiger charge is 2.30. The van der Waals surface area contributed by atoms with Crippen LogP contribution < -0.4 is 0 Å². The molecule has 0 aliphatic heterocycles. The molecular weight excluding hydrogens is 1310 g/mol. The average Bonchev–Trinajstić information content (AvgIpc) is 0.958. The summed E-state index contributed by atoms with van der Waals surface area (Å²) in [6.45, 7) is 9.59. The second-order valence-electron chi connectivity index (χ2n) is 30.1. The van der Waals surface area contributed by atoms with Crippen LogP contribution in [0.4, 0.5) is 0 Å². The Kier molecular flexibility index (Phi) is 71.2. The van der Waals surface area contributed by atoms with Crippen molar-refractivity contribution in [1.82, 2.24) is 0 Å². The Bertz CT molecular complexity index is 1920. The highest BCUT2D eigenvalue weighted by molar-refractivity contribution is 7.47. The topological polar surface area (TPSA) is 237 Å². The molecule has 0 aliphatic carbocycles. The van der Waals surface area contributed by atoms with E-state index >= 15 is 0 Å². The number of phosphoric ester groups is 2. The van der Waals surface area contributed by atoms with Gasteiger partial charge in [-0.25, -0.2) is 9.13 Å². The Morgan fingerprint density at radius 2 is 0.460 bits per heavy atom. The fraction of sp³-hybridized carbons (Fsp3) is 0.951. The van der Waals surface area contributed by atoms with Gasteiger partial charge in [-0.15, -0.1) is 0 Å². The summed E-state index contributed by atoms with van der Waals surface area (Å²) in [4.78, 5) is 73.0. The molecule has 0 fully saturated rings. The number of phosphoric acid groups is 2. The van der Waals surface area contributed by atoms with Gasteiger partial charge < -0.3 is 33.8 Å². The summed E-state index contributed by atoms with van der Waals surface area (Å²) in [7, 11) is -9.92. The van der Waals surface area contributed by atoms with E-state index in [-0.39, 0.29) is 25.7 Å². The van der Waals surface area contributed by atoms with Crippen molar-refractivity contribution in [3.8, 4) is 0 Å². The maximum Gasteiger partial charge on any atom is 0.472 e. The molecule has 0 radical (unpaired) electrons. The van der Waals surface area contributed by atoms with E-state index in [4.69, 9.17) is 37.0 Å². The van der Waals surface area contributed by atoms with Crippen LogP contribution in [0.1, 0.15) is 427 Å². The van der Waals surface area contributed by atoms with Gasteiger partial charge in [-0.1, -0.05) is 375 Å². The first-order valence-electron chi connectivity index (χ1n) is 42.0. The predicted octanol–water partition coefficient (Wildman–Crippen LogP) is 24.3. The monoisotopic (exact) mass is 1470 g/mol. The third-order valence-corrected chi connectivity index (χ3v) is 20.9. The molecule has 0 saturated carbocycles. The Morgan fingerprint density at radius 3 is 0.680 bits per heavy atom. The van der Waals surface area contributed by atoms with Crippen LogP contribution in [-0.4, -0.2) is 96.7 Å². The molecule has 0 aliphatic rings. The van der Waals surface area contributed by atoms with Crippen LogP contribution >= 0.6 is 15.6 Å². The Morgan fingerprint density at radius 1 is 0.270 bits per heavy atom. The van der Waals surface area contributed by atoms with Crippen molar-refractivity contribution in [2.75, 3.05) is 39.6 Å². The minimum absolute atomic E-state index is 0.107. The van der Waals surface area contributed by atoms with E-state index in [0.717, 1.165) is 102 Å². The van der Waals surface area contributed by atoms with Gasteiger partial charge in [0.1, 0.15) is 19.3 Å². The molecule has 3 N–H and O–H groups in total. The molecule has 0 spiro atoms. The lowest BCUT2D eigenvalue weighted by Gasteiger charge is -2.21. The predicted molar refractivity (Wildman–Crippen MR) is 409 cm³/mol. The summed E-state index contributed by atoms with van der Waals surface area (Å²) in [5.74, 6) is -0.621. The summed E-state index contributed by atoms with van der Waals surface area (Å²) >= 11 is 0. The van der Waals surface area contributed by atoms with Gasteiger partial charge in [0.05, 0.1) is 26.4 Å². The first kappa shape index (κ1) is 98.1. The largest absolute Gasteiger partial charge is 0.472 e. The Hall–Kier alpha value is -1.94. The maximum absolute atomic E-state index is 13.1. The lowest BCUT2D eigenvalue weighted by atomic mass is 10.0. The molecule has 5 atom stereocenters. The molecule has 0 saturated heterocycles. The fourth-order valence-electron chi connectivity index (χ4n) is 12.5. The van der Waals surface area contributed by atoms with Crippen molar-refractivity contribution in [3.63, 3.8) is 0 Å². The summed E-state index contributed by atoms with van der Waals surface area (Å²) in [5.41, 5.74) is 0. The molecule has 17 nitrogen and oxygen atoms in total. The van der Waals surface area contributed by atoms with E-state index in [9.17, 15) is 43.2 Å². The zero-order valence-corrected chi connectivity index (χ0v) is 67.3. The van der Waals surface area contributed by atoms with Gasteiger partial charge in [0.2, 0.25) is 0 Å². The lowest BCUT2D eigenvalue weighted by Crippen LogP contribution is -2.30. The van der Waals surface area contributed by atoms with Gasteiger partial charge in [-0.3, -0.25) is 37.3 Å². The molecule has 0 aromatic heterocycles. The molecule has 100 heavy (non-hydrogen) atoms. The first-order valence-corrected chi connectivity index (χ1v) is 45.0. The molecular formula is C81H158O17P2. The minimum Gasteiger partial charge on any atom is -0.462 e. The van der Waals surface area contributed by atoms with E-state index < -0.39 is 97.5 Å². The number of carbonyl (C=O) groups is 4. The third kappa shape index (κ3) is 74.3. The maximum atomic E-state index is 13.1. The molecule has 0 heterocycles. The van der Waals surface area contributed by atoms with Crippen LogP contribution in [0.3, 0.4) is 0 Å². The van der Waals surface area contributed by atoms with Crippen molar-refractivity contribution in [3.05, 3.63) is 0 Å². The number of rotatable bonds is 80. The number of esters is 4. The van der Waals surface area contributed by atoms with Gasteiger partial charge in [0, 0.05) is 25.7 Å². The average molecular weight is 1470 g/mol. The lowest BCUT2D eigenvalue weighted by molar-refractivity contribution is -0.161. The molecule has 0 bridgehead atoms. The zero-order valence-electron chi connectivity index (χ0n) is 65.5. The van der Waals surface area contributed by atoms with Crippen molar-refractivity contribution in [2.24, 2.45) is 11.8 Å². The van der Waals surface area contributed by atoms with Crippen LogP contribution in [0, 0.1) is 11.8 Å². The van der Waals surface area contributed by atoms with Gasteiger partial charge in [0.15, 0.2) is 12.2 Å². The van der Waals surface area contributed by atoms with Crippen molar-refractivity contribution >= 4 is 39.5 Å². The number of hydrogen-bond acceptors (Lipinski definition) is 15. The smallest absolute Gasteiger partial charge is 0.462 e. The molecule has 0 aromatic rings. The van der Waals surface area contributed by atoms with Crippen LogP contribution in [0.2, 0.25) is 0 Å². The zero-order chi connectivity index (χ0) is 73.5. The number of ether oxygens (including phenoxy) is 4. The van der Waals surface area contributed by atoms with Crippen LogP contribution in [0.15, 0.2) is 0 Å². The second kappa shape index (κ2) is 72.6. The second-order valence-corrected chi connectivity index (χ2v) is 33.0. The third-order valence-electron chi connectivity index (χ3n) is 19.0. The Balaban J connectivity index is 5.22. The van der Waals surface area contributed by atoms with E-state index in [1.165, 1.54) is 238 Å². The quantitative estimate of drug-likeness (QED) is 0.0222. The van der Waals surface area contributed by atoms with E-state index in [1.807, 2.05) is 0 Å². The molecule has 0 rings (SSSR count). The van der Waals surface area contributed by atoms with E-state index in [0.29, 0.717) is 31.6 Å². The fourth-order valence-corrected chi connectivity index (χ4v) is 14.1. The van der Waals surface area contributed by atoms with Gasteiger partial charge in [-0.05, 0) is 37.5 Å². The Labute approximate surface area is 613 Å². The number of hydrogen-bond donors (Lipinski definition) is 3. The highest BCUT2D eigenvalue weighted by atomic mass is 31.2. The highest BCUT2D eigenvalue weighted by Crippen LogP contribution is 2.45. The number of carbonyl (C=O) groups excluding carboxylic acids is 4. The number of aliphatic hydroxyl groups excluding tert-OH is 1. The summed E-state index contributed by atoms with van der Waals surface area (Å²) in [6, 6.07) is 0. The SMILES string of the molecule is CCCCCCCCCCCCCCCCCCCCC(=O)OC[C@H](COP(=O)(O)OC[C@@H](O)COP(=O)(O)OC[C@@H](COC(=O)CCCCCCCCC(C)C)OC(=O)CCCCCCCCCCCCCCCC)OC(=O)CCCCCCCCCCCCCCCCCCC(C)C.